The summed E-state index contributed by atoms with van der Waals surface area (Å²) in [5.41, 5.74) is 6.77. The average molecular weight is 278 g/mol. The molecular formula is C12H14N4O2S. The van der Waals surface area contributed by atoms with E-state index in [9.17, 15) is 10.1 Å². The number of carbonyl (C=O) groups is 1. The van der Waals surface area contributed by atoms with E-state index >= 15 is 0 Å². The molecule has 0 unspecified atom stereocenters. The van der Waals surface area contributed by atoms with Crippen LogP contribution >= 0.6 is 11.3 Å². The number of aryl methyl sites for hydroxylation is 1. The van der Waals surface area contributed by atoms with Crippen molar-refractivity contribution in [2.75, 3.05) is 5.32 Å². The molecule has 7 heteroatoms. The van der Waals surface area contributed by atoms with Crippen LogP contribution in [0, 0.1) is 11.3 Å². The number of hydrogen-bond acceptors (Lipinski definition) is 5. The minimum Gasteiger partial charge on any atom is -0.409 e. The summed E-state index contributed by atoms with van der Waals surface area (Å²) in [6.45, 7) is 0. The van der Waals surface area contributed by atoms with Gasteiger partial charge < -0.3 is 16.3 Å². The van der Waals surface area contributed by atoms with Crippen LogP contribution in [0.25, 0.3) is 0 Å². The number of amides is 1. The van der Waals surface area contributed by atoms with Crippen LogP contribution in [0.15, 0.2) is 5.16 Å². The summed E-state index contributed by atoms with van der Waals surface area (Å²) in [5, 5.41) is 23.4. The van der Waals surface area contributed by atoms with Crippen LogP contribution in [0.2, 0.25) is 0 Å². The van der Waals surface area contributed by atoms with Gasteiger partial charge in [0.05, 0.1) is 5.56 Å². The summed E-state index contributed by atoms with van der Waals surface area (Å²) >= 11 is 1.41. The number of hydrogen-bond donors (Lipinski definition) is 3. The fourth-order valence-electron chi connectivity index (χ4n) is 2.16. The van der Waals surface area contributed by atoms with Crippen molar-refractivity contribution in [3.63, 3.8) is 0 Å². The van der Waals surface area contributed by atoms with Crippen molar-refractivity contribution in [3.8, 4) is 6.07 Å². The molecule has 4 N–H and O–H groups in total. The third-order valence-corrected chi connectivity index (χ3v) is 4.31. The average Bonchev–Trinajstić information content (AvgIpc) is 2.59. The molecule has 1 heterocycles. The lowest BCUT2D eigenvalue weighted by Gasteiger charge is -2.02. The summed E-state index contributed by atoms with van der Waals surface area (Å²) in [7, 11) is 0. The number of nitriles is 1. The summed E-state index contributed by atoms with van der Waals surface area (Å²) in [4.78, 5) is 12.7. The molecule has 0 bridgehead atoms. The van der Waals surface area contributed by atoms with Gasteiger partial charge in [0.15, 0.2) is 0 Å². The first-order valence-corrected chi connectivity index (χ1v) is 6.82. The molecule has 0 spiro atoms. The van der Waals surface area contributed by atoms with Gasteiger partial charge in [0.2, 0.25) is 5.84 Å². The molecule has 2 rings (SSSR count). The Bertz CT molecular complexity index is 571. The highest BCUT2D eigenvalue weighted by Crippen LogP contribution is 2.36. The number of thiophene rings is 1. The van der Waals surface area contributed by atoms with Gasteiger partial charge in [-0.15, -0.1) is 11.3 Å². The lowest BCUT2D eigenvalue weighted by molar-refractivity contribution is -0.110. The topological polar surface area (TPSA) is 112 Å². The second-order valence-corrected chi connectivity index (χ2v) is 5.42. The zero-order valence-corrected chi connectivity index (χ0v) is 11.1. The van der Waals surface area contributed by atoms with Gasteiger partial charge >= 0.3 is 0 Å². The number of oxime groups is 1. The fraction of sp³-hybridized carbons (Fsp3) is 0.417. The normalized spacial score (nSPS) is 15.2. The van der Waals surface area contributed by atoms with Gasteiger partial charge in [-0.25, -0.2) is 0 Å². The molecule has 0 saturated carbocycles. The summed E-state index contributed by atoms with van der Waals surface area (Å²) in [6, 6.07) is 2.15. The Morgan fingerprint density at radius 1 is 1.42 bits per heavy atom. The van der Waals surface area contributed by atoms with Crippen molar-refractivity contribution in [1.29, 1.82) is 5.26 Å². The molecule has 0 saturated heterocycles. The maximum Gasteiger partial charge on any atom is 0.294 e. The monoisotopic (exact) mass is 278 g/mol. The van der Waals surface area contributed by atoms with Crippen molar-refractivity contribution in [1.82, 2.24) is 0 Å². The zero-order chi connectivity index (χ0) is 13.8. The van der Waals surface area contributed by atoms with Crippen LogP contribution in [0.5, 0.6) is 0 Å². The fourth-order valence-corrected chi connectivity index (χ4v) is 3.40. The van der Waals surface area contributed by atoms with Gasteiger partial charge in [0, 0.05) is 4.88 Å². The summed E-state index contributed by atoms with van der Waals surface area (Å²) in [6.07, 6.45) is 5.14. The third-order valence-electron chi connectivity index (χ3n) is 3.10. The number of fused-ring (bicyclic) bond motifs is 1. The SMILES string of the molecule is N#Cc1c(NC(=O)/C(N)=N/O)sc2c1CCCCC2. The maximum absolute atomic E-state index is 11.6. The van der Waals surface area contributed by atoms with Crippen molar-refractivity contribution in [3.05, 3.63) is 16.0 Å². The third kappa shape index (κ3) is 2.69. The van der Waals surface area contributed by atoms with E-state index in [1.54, 1.807) is 0 Å². The van der Waals surface area contributed by atoms with Crippen LogP contribution in [0.3, 0.4) is 0 Å². The van der Waals surface area contributed by atoms with Crippen molar-refractivity contribution in [2.45, 2.75) is 32.1 Å². The molecular weight excluding hydrogens is 264 g/mol. The van der Waals surface area contributed by atoms with E-state index in [1.807, 2.05) is 0 Å². The number of nitrogens with two attached hydrogens (primary N) is 1. The van der Waals surface area contributed by atoms with Gasteiger partial charge in [0.25, 0.3) is 5.91 Å². The van der Waals surface area contributed by atoms with E-state index in [-0.39, 0.29) is 0 Å². The molecule has 19 heavy (non-hydrogen) atoms. The van der Waals surface area contributed by atoms with Crippen LogP contribution in [-0.4, -0.2) is 17.0 Å². The summed E-state index contributed by atoms with van der Waals surface area (Å²) in [5.74, 6) is -1.22. The molecule has 0 radical (unpaired) electrons. The van der Waals surface area contributed by atoms with Crippen LogP contribution < -0.4 is 11.1 Å². The minimum atomic E-state index is -0.699. The Balaban J connectivity index is 2.32. The molecule has 1 aromatic rings. The van der Waals surface area contributed by atoms with E-state index < -0.39 is 11.7 Å². The standard InChI is InChI=1S/C12H14N4O2S/c13-6-8-7-4-2-1-3-5-9(7)19-12(8)15-11(17)10(14)16-18/h18H,1-5H2,(H2,14,16)(H,15,17). The van der Waals surface area contributed by atoms with Gasteiger partial charge in [-0.3, -0.25) is 4.79 Å². The number of nitrogens with one attached hydrogen (secondary N) is 1. The van der Waals surface area contributed by atoms with E-state index in [0.717, 1.165) is 42.5 Å². The quantitative estimate of drug-likeness (QED) is 0.238. The molecule has 1 amide bonds. The van der Waals surface area contributed by atoms with E-state index in [0.29, 0.717) is 10.6 Å². The largest absolute Gasteiger partial charge is 0.409 e. The van der Waals surface area contributed by atoms with E-state index in [4.69, 9.17) is 10.9 Å². The van der Waals surface area contributed by atoms with E-state index in [1.165, 1.54) is 11.3 Å². The molecule has 0 fully saturated rings. The molecule has 1 aliphatic carbocycles. The number of anilines is 1. The molecule has 0 atom stereocenters. The van der Waals surface area contributed by atoms with Gasteiger partial charge in [0.1, 0.15) is 11.1 Å². The highest BCUT2D eigenvalue weighted by Gasteiger charge is 2.21. The first-order valence-electron chi connectivity index (χ1n) is 6.01. The maximum atomic E-state index is 11.6. The van der Waals surface area contributed by atoms with Crippen molar-refractivity contribution < 1.29 is 10.0 Å². The zero-order valence-electron chi connectivity index (χ0n) is 10.3. The van der Waals surface area contributed by atoms with Crippen molar-refractivity contribution >= 4 is 28.1 Å². The summed E-state index contributed by atoms with van der Waals surface area (Å²) < 4.78 is 0. The second kappa shape index (κ2) is 5.71. The molecule has 0 aliphatic heterocycles. The molecule has 0 aromatic carbocycles. The number of carbonyl (C=O) groups excluding carboxylic acids is 1. The van der Waals surface area contributed by atoms with Crippen LogP contribution in [0.1, 0.15) is 35.3 Å². The Kier molecular flexibility index (Phi) is 4.02. The Labute approximate surface area is 114 Å². The van der Waals surface area contributed by atoms with Gasteiger partial charge in [-0.2, -0.15) is 5.26 Å². The first-order chi connectivity index (χ1) is 9.17. The molecule has 1 aliphatic rings. The van der Waals surface area contributed by atoms with Crippen LogP contribution in [-0.2, 0) is 17.6 Å². The predicted octanol–water partition coefficient (Wildman–Crippen LogP) is 1.57. The van der Waals surface area contributed by atoms with Gasteiger partial charge in [-0.05, 0) is 31.2 Å². The highest BCUT2D eigenvalue weighted by molar-refractivity contribution is 7.16. The molecule has 1 aromatic heterocycles. The number of rotatable bonds is 1. The second-order valence-electron chi connectivity index (χ2n) is 4.32. The molecule has 6 nitrogen and oxygen atoms in total. The van der Waals surface area contributed by atoms with Crippen LogP contribution in [0.4, 0.5) is 5.00 Å². The number of amidine groups is 1. The highest BCUT2D eigenvalue weighted by atomic mass is 32.1. The lowest BCUT2D eigenvalue weighted by Crippen LogP contribution is -2.30. The number of nitrogens with zero attached hydrogens (tertiary/aromatic N) is 2. The lowest BCUT2D eigenvalue weighted by atomic mass is 10.1. The van der Waals surface area contributed by atoms with Crippen molar-refractivity contribution in [2.24, 2.45) is 10.9 Å². The first kappa shape index (κ1) is 13.4. The Morgan fingerprint density at radius 2 is 2.16 bits per heavy atom. The predicted molar refractivity (Wildman–Crippen MR) is 72.3 cm³/mol. The Hall–Kier alpha value is -2.07. The van der Waals surface area contributed by atoms with E-state index in [2.05, 4.69) is 16.5 Å². The smallest absolute Gasteiger partial charge is 0.294 e. The molecule has 100 valence electrons. The minimum absolute atomic E-state index is 0.492. The van der Waals surface area contributed by atoms with Gasteiger partial charge in [-0.1, -0.05) is 11.6 Å². The Morgan fingerprint density at radius 3 is 2.84 bits per heavy atom.